The Labute approximate surface area is 162 Å². The number of fused-ring (bicyclic) bond motifs is 1. The van der Waals surface area contributed by atoms with E-state index in [1.807, 2.05) is 30.0 Å². The fourth-order valence-electron chi connectivity index (χ4n) is 3.10. The van der Waals surface area contributed by atoms with Gasteiger partial charge in [0.2, 0.25) is 0 Å². The first-order valence-corrected chi connectivity index (χ1v) is 9.19. The van der Waals surface area contributed by atoms with Crippen molar-refractivity contribution in [1.29, 1.82) is 0 Å². The zero-order valence-electron chi connectivity index (χ0n) is 14.3. The molecule has 0 atom stereocenters. The second kappa shape index (κ2) is 9.03. The fraction of sp³-hybridized carbons (Fsp3) is 0.500. The van der Waals surface area contributed by atoms with Gasteiger partial charge in [-0.15, -0.1) is 12.4 Å². The smallest absolute Gasteiger partial charge is 0.289 e. The van der Waals surface area contributed by atoms with Crippen molar-refractivity contribution in [1.82, 2.24) is 4.90 Å². The van der Waals surface area contributed by atoms with E-state index in [1.54, 1.807) is 0 Å². The Morgan fingerprint density at radius 2 is 2.12 bits per heavy atom. The van der Waals surface area contributed by atoms with Crippen molar-refractivity contribution in [3.8, 4) is 0 Å². The van der Waals surface area contributed by atoms with Gasteiger partial charge in [-0.3, -0.25) is 4.79 Å². The van der Waals surface area contributed by atoms with Crippen LogP contribution >= 0.6 is 28.3 Å². The molecule has 0 spiro atoms. The van der Waals surface area contributed by atoms with Crippen molar-refractivity contribution in [2.75, 3.05) is 26.2 Å². The molecule has 2 N–H and O–H groups in total. The summed E-state index contributed by atoms with van der Waals surface area (Å²) in [4.78, 5) is 14.7. The van der Waals surface area contributed by atoms with E-state index in [4.69, 9.17) is 14.9 Å². The van der Waals surface area contributed by atoms with Crippen molar-refractivity contribution < 1.29 is 13.9 Å². The van der Waals surface area contributed by atoms with Gasteiger partial charge in [-0.05, 0) is 50.9 Å². The molecule has 1 aromatic heterocycles. The fourth-order valence-corrected chi connectivity index (χ4v) is 3.46. The van der Waals surface area contributed by atoms with Crippen molar-refractivity contribution in [3.63, 3.8) is 0 Å². The summed E-state index contributed by atoms with van der Waals surface area (Å²) in [6, 6.07) is 5.80. The van der Waals surface area contributed by atoms with Crippen molar-refractivity contribution in [2.45, 2.75) is 32.3 Å². The van der Waals surface area contributed by atoms with E-state index in [9.17, 15) is 4.79 Å². The van der Waals surface area contributed by atoms with Gasteiger partial charge in [0.1, 0.15) is 5.58 Å². The molecular weight excluding hydrogens is 408 g/mol. The molecule has 3 rings (SSSR count). The average Bonchev–Trinajstić information content (AvgIpc) is 2.92. The van der Waals surface area contributed by atoms with Crippen LogP contribution in [0.5, 0.6) is 0 Å². The van der Waals surface area contributed by atoms with E-state index in [2.05, 4.69) is 15.9 Å². The van der Waals surface area contributed by atoms with Crippen LogP contribution in [0.1, 0.15) is 35.4 Å². The van der Waals surface area contributed by atoms with Gasteiger partial charge in [-0.1, -0.05) is 15.9 Å². The molecule has 0 bridgehead atoms. The van der Waals surface area contributed by atoms with E-state index in [0.717, 1.165) is 40.3 Å². The minimum Gasteiger partial charge on any atom is -0.451 e. The molecule has 1 aromatic carbocycles. The summed E-state index contributed by atoms with van der Waals surface area (Å²) >= 11 is 3.46. The molecule has 1 aliphatic rings. The molecular formula is C18H24BrClN2O3. The molecule has 1 fully saturated rings. The summed E-state index contributed by atoms with van der Waals surface area (Å²) in [5.74, 6) is 0.422. The summed E-state index contributed by atoms with van der Waals surface area (Å²) in [6.45, 7) is 4.69. The number of hydrogen-bond donors (Lipinski definition) is 1. The molecule has 0 unspecified atom stereocenters. The van der Waals surface area contributed by atoms with Crippen LogP contribution in [0.3, 0.4) is 0 Å². The standard InChI is InChI=1S/C18H23BrN2O3.ClH/c1-12-15-11-13(19)3-4-16(15)24-17(12)18(22)21-8-5-14(6-9-21)23-10-2-7-20;/h3-4,11,14H,2,5-10,20H2,1H3;1H. The Morgan fingerprint density at radius 1 is 1.40 bits per heavy atom. The number of carbonyl (C=O) groups is 1. The second-order valence-electron chi connectivity index (χ2n) is 6.20. The highest BCUT2D eigenvalue weighted by Crippen LogP contribution is 2.29. The minimum atomic E-state index is -0.0276. The van der Waals surface area contributed by atoms with Crippen LogP contribution in [-0.2, 0) is 4.74 Å². The molecule has 0 aliphatic carbocycles. The zero-order valence-corrected chi connectivity index (χ0v) is 16.7. The molecule has 0 saturated carbocycles. The first kappa shape index (κ1) is 20.2. The van der Waals surface area contributed by atoms with Crippen LogP contribution < -0.4 is 5.73 Å². The third-order valence-electron chi connectivity index (χ3n) is 4.52. The third-order valence-corrected chi connectivity index (χ3v) is 5.02. The Hall–Kier alpha value is -1.08. The lowest BCUT2D eigenvalue weighted by Gasteiger charge is -2.31. The van der Waals surface area contributed by atoms with E-state index < -0.39 is 0 Å². The maximum absolute atomic E-state index is 12.8. The Bertz CT molecular complexity index is 726. The lowest BCUT2D eigenvalue weighted by molar-refractivity contribution is 0.00767. The van der Waals surface area contributed by atoms with E-state index in [0.29, 0.717) is 32.0 Å². The number of furan rings is 1. The number of piperidine rings is 1. The van der Waals surface area contributed by atoms with Gasteiger partial charge in [-0.2, -0.15) is 0 Å². The van der Waals surface area contributed by atoms with Crippen molar-refractivity contribution >= 4 is 45.2 Å². The molecule has 1 saturated heterocycles. The number of rotatable bonds is 5. The summed E-state index contributed by atoms with van der Waals surface area (Å²) in [5, 5.41) is 0.979. The summed E-state index contributed by atoms with van der Waals surface area (Å²) in [6.07, 6.45) is 2.84. The predicted molar refractivity (Wildman–Crippen MR) is 104 cm³/mol. The van der Waals surface area contributed by atoms with Crippen molar-refractivity contribution in [2.24, 2.45) is 5.73 Å². The van der Waals surface area contributed by atoms with Crippen LogP contribution in [-0.4, -0.2) is 43.2 Å². The molecule has 2 aromatic rings. The number of carbonyl (C=O) groups excluding carboxylic acids is 1. The van der Waals surface area contributed by atoms with Gasteiger partial charge in [-0.25, -0.2) is 0 Å². The monoisotopic (exact) mass is 430 g/mol. The highest BCUT2D eigenvalue weighted by molar-refractivity contribution is 9.10. The molecule has 5 nitrogen and oxygen atoms in total. The van der Waals surface area contributed by atoms with Crippen molar-refractivity contribution in [3.05, 3.63) is 34.0 Å². The number of halogens is 2. The molecule has 2 heterocycles. The normalized spacial score (nSPS) is 15.4. The van der Waals surface area contributed by atoms with Crippen LogP contribution in [0.15, 0.2) is 27.1 Å². The molecule has 0 radical (unpaired) electrons. The first-order valence-electron chi connectivity index (χ1n) is 8.39. The maximum atomic E-state index is 12.8. The van der Waals surface area contributed by atoms with Gasteiger partial charge in [0.25, 0.3) is 5.91 Å². The number of amides is 1. The topological polar surface area (TPSA) is 68.7 Å². The Morgan fingerprint density at radius 3 is 2.80 bits per heavy atom. The molecule has 138 valence electrons. The van der Waals surface area contributed by atoms with Crippen LogP contribution in [0.2, 0.25) is 0 Å². The zero-order chi connectivity index (χ0) is 17.1. The molecule has 25 heavy (non-hydrogen) atoms. The number of nitrogens with zero attached hydrogens (tertiary/aromatic N) is 1. The van der Waals surface area contributed by atoms with Crippen LogP contribution in [0.4, 0.5) is 0 Å². The largest absolute Gasteiger partial charge is 0.451 e. The quantitative estimate of drug-likeness (QED) is 0.729. The summed E-state index contributed by atoms with van der Waals surface area (Å²) in [5.41, 5.74) is 7.13. The number of likely N-dealkylation sites (tertiary alicyclic amines) is 1. The minimum absolute atomic E-state index is 0. The SMILES string of the molecule is Cc1c(C(=O)N2CCC(OCCCN)CC2)oc2ccc(Br)cc12.Cl. The Kier molecular flexibility index (Phi) is 7.31. The second-order valence-corrected chi connectivity index (χ2v) is 7.12. The number of hydrogen-bond acceptors (Lipinski definition) is 4. The van der Waals surface area contributed by atoms with E-state index in [1.165, 1.54) is 0 Å². The highest BCUT2D eigenvalue weighted by Gasteiger charge is 2.27. The number of ether oxygens (including phenoxy) is 1. The van der Waals surface area contributed by atoms with E-state index in [-0.39, 0.29) is 24.4 Å². The number of benzene rings is 1. The third kappa shape index (κ3) is 4.56. The van der Waals surface area contributed by atoms with Gasteiger partial charge in [0.15, 0.2) is 5.76 Å². The molecule has 1 amide bonds. The number of aryl methyl sites for hydroxylation is 1. The van der Waals surface area contributed by atoms with Crippen LogP contribution in [0.25, 0.3) is 11.0 Å². The Balaban J connectivity index is 0.00000225. The summed E-state index contributed by atoms with van der Waals surface area (Å²) < 4.78 is 12.6. The lowest BCUT2D eigenvalue weighted by atomic mass is 10.1. The number of nitrogens with two attached hydrogens (primary N) is 1. The average molecular weight is 432 g/mol. The predicted octanol–water partition coefficient (Wildman–Crippen LogP) is 3.90. The lowest BCUT2D eigenvalue weighted by Crippen LogP contribution is -2.41. The highest BCUT2D eigenvalue weighted by atomic mass is 79.9. The van der Waals surface area contributed by atoms with E-state index >= 15 is 0 Å². The van der Waals surface area contributed by atoms with Gasteiger partial charge < -0.3 is 19.8 Å². The van der Waals surface area contributed by atoms with Gasteiger partial charge in [0, 0.05) is 35.1 Å². The maximum Gasteiger partial charge on any atom is 0.289 e. The molecule has 7 heteroatoms. The van der Waals surface area contributed by atoms with Crippen LogP contribution in [0, 0.1) is 6.92 Å². The summed E-state index contributed by atoms with van der Waals surface area (Å²) in [7, 11) is 0. The van der Waals surface area contributed by atoms with Gasteiger partial charge >= 0.3 is 0 Å². The molecule has 1 aliphatic heterocycles. The first-order chi connectivity index (χ1) is 11.6. The van der Waals surface area contributed by atoms with Gasteiger partial charge in [0.05, 0.1) is 6.10 Å².